The van der Waals surface area contributed by atoms with Gasteiger partial charge in [0.15, 0.2) is 0 Å². The molecule has 0 spiro atoms. The predicted molar refractivity (Wildman–Crippen MR) is 206 cm³/mol. The highest BCUT2D eigenvalue weighted by atomic mass is 16.5. The molecule has 0 aliphatic heterocycles. The van der Waals surface area contributed by atoms with E-state index in [0.29, 0.717) is 41.0 Å². The molecule has 2 aromatic carbocycles. The first-order valence-electron chi connectivity index (χ1n) is 20.2. The predicted octanol–water partition coefficient (Wildman–Crippen LogP) is 9.91. The third kappa shape index (κ3) is 6.99. The minimum atomic E-state index is -0.668. The zero-order chi connectivity index (χ0) is 36.7. The largest absolute Gasteiger partial charge is 0.481 e. The smallest absolute Gasteiger partial charge is 0.341 e. The van der Waals surface area contributed by atoms with Crippen LogP contribution in [0.3, 0.4) is 0 Å². The van der Waals surface area contributed by atoms with Gasteiger partial charge in [0.25, 0.3) is 0 Å². The maximum atomic E-state index is 13.0. The molecule has 7 nitrogen and oxygen atoms in total. The van der Waals surface area contributed by atoms with Crippen molar-refractivity contribution in [1.29, 1.82) is 0 Å². The minimum Gasteiger partial charge on any atom is -0.481 e. The molecule has 52 heavy (non-hydrogen) atoms. The van der Waals surface area contributed by atoms with Gasteiger partial charge in [0, 0.05) is 18.4 Å². The Morgan fingerprint density at radius 2 is 1.71 bits per heavy atom. The third-order valence-electron chi connectivity index (χ3n) is 15.0. The van der Waals surface area contributed by atoms with E-state index in [0.717, 1.165) is 96.3 Å². The number of aryl methyl sites for hydroxylation is 2. The van der Waals surface area contributed by atoms with E-state index in [4.69, 9.17) is 14.8 Å². The van der Waals surface area contributed by atoms with E-state index in [-0.39, 0.29) is 0 Å². The van der Waals surface area contributed by atoms with Gasteiger partial charge in [-0.3, -0.25) is 9.78 Å². The van der Waals surface area contributed by atoms with Crippen molar-refractivity contribution in [3.8, 4) is 0 Å². The molecule has 4 fully saturated rings. The van der Waals surface area contributed by atoms with Crippen molar-refractivity contribution in [3.05, 3.63) is 70.9 Å². The van der Waals surface area contributed by atoms with Gasteiger partial charge in [0.1, 0.15) is 5.56 Å². The highest BCUT2D eigenvalue weighted by Gasteiger charge is 2.61. The van der Waals surface area contributed by atoms with Crippen LogP contribution in [0.2, 0.25) is 0 Å². The lowest BCUT2D eigenvalue weighted by atomic mass is 9.43. The molecule has 1 heterocycles. The number of anilines is 1. The van der Waals surface area contributed by atoms with Crippen molar-refractivity contribution in [3.63, 3.8) is 0 Å². The van der Waals surface area contributed by atoms with Crippen LogP contribution in [0.1, 0.15) is 131 Å². The molecular weight excluding hydrogens is 649 g/mol. The Balaban J connectivity index is 1.03. The molecule has 0 radical (unpaired) electrons. The molecule has 0 bridgehead atoms. The number of carbonyl (C=O) groups is 2. The van der Waals surface area contributed by atoms with E-state index >= 15 is 0 Å². The number of aliphatic carboxylic acids is 1. The Kier molecular flexibility index (Phi) is 10.5. The van der Waals surface area contributed by atoms with E-state index in [2.05, 4.69) is 49.5 Å². The second-order valence-corrected chi connectivity index (χ2v) is 17.7. The maximum Gasteiger partial charge on any atom is 0.341 e. The molecule has 1 aromatic heterocycles. The first-order chi connectivity index (χ1) is 24.9. The molecule has 4 aliphatic rings. The summed E-state index contributed by atoms with van der Waals surface area (Å²) in [7, 11) is 1.41. The quantitative estimate of drug-likeness (QED) is 0.127. The molecule has 3 N–H and O–H groups in total. The lowest BCUT2D eigenvalue weighted by Gasteiger charge is -2.62. The van der Waals surface area contributed by atoms with Gasteiger partial charge >= 0.3 is 11.9 Å². The standard InChI is InChI=1S/C45H60N2O5/c1-29-40(42(50)52-4)41(46-28-31-10-6-5-7-11-31)35-26-30(14-19-38(35)47-29)20-23-45(51)25-24-44(3)33(27-45)15-17-34-36-18-16-32(12-8-9-13-39(48)49)43(36,2)22-21-37(34)44/h5-7,10-11,14,19,26,32-34,36-37,51H,8-9,12-13,15-18,20-25,27-28H2,1-4H3,(H,46,47)(H,48,49)/t32?,33?,34?,36?,37?,43?,44?,45-/m1/s1. The summed E-state index contributed by atoms with van der Waals surface area (Å²) < 4.78 is 5.20. The van der Waals surface area contributed by atoms with Crippen LogP contribution in [0.25, 0.3) is 10.9 Å². The summed E-state index contributed by atoms with van der Waals surface area (Å²) in [5, 5.41) is 25.7. The first kappa shape index (κ1) is 36.9. The van der Waals surface area contributed by atoms with Gasteiger partial charge in [0.05, 0.1) is 29.6 Å². The Morgan fingerprint density at radius 3 is 2.48 bits per heavy atom. The number of methoxy groups -OCH3 is 1. The fraction of sp³-hybridized carbons (Fsp3) is 0.622. The number of rotatable bonds is 12. The van der Waals surface area contributed by atoms with Crippen LogP contribution in [0.5, 0.6) is 0 Å². The monoisotopic (exact) mass is 708 g/mol. The number of aliphatic hydroxyl groups is 1. The van der Waals surface area contributed by atoms with Gasteiger partial charge in [-0.2, -0.15) is 0 Å². The second-order valence-electron chi connectivity index (χ2n) is 17.7. The number of fused-ring (bicyclic) bond motifs is 6. The molecule has 4 aliphatic carbocycles. The van der Waals surface area contributed by atoms with Gasteiger partial charge in [0.2, 0.25) is 0 Å². The molecule has 8 atom stereocenters. The van der Waals surface area contributed by atoms with Crippen LogP contribution >= 0.6 is 0 Å². The number of aromatic nitrogens is 1. The summed E-state index contributed by atoms with van der Waals surface area (Å²) in [5.74, 6) is 2.58. The maximum absolute atomic E-state index is 13.0. The number of benzene rings is 2. The van der Waals surface area contributed by atoms with Crippen molar-refractivity contribution in [2.24, 2.45) is 40.4 Å². The van der Waals surface area contributed by atoms with Crippen molar-refractivity contribution in [2.75, 3.05) is 12.4 Å². The van der Waals surface area contributed by atoms with E-state index in [9.17, 15) is 14.7 Å². The number of carbonyl (C=O) groups excluding carboxylic acids is 1. The highest BCUT2D eigenvalue weighted by molar-refractivity contribution is 6.06. The molecule has 3 aromatic rings. The molecule has 0 saturated heterocycles. The molecule has 7 unspecified atom stereocenters. The Morgan fingerprint density at radius 1 is 0.923 bits per heavy atom. The number of hydrogen-bond acceptors (Lipinski definition) is 6. The second kappa shape index (κ2) is 14.8. The van der Waals surface area contributed by atoms with Crippen molar-refractivity contribution in [1.82, 2.24) is 4.98 Å². The summed E-state index contributed by atoms with van der Waals surface area (Å²) >= 11 is 0. The van der Waals surface area contributed by atoms with Gasteiger partial charge in [-0.1, -0.05) is 56.7 Å². The van der Waals surface area contributed by atoms with E-state index in [1.165, 1.54) is 52.1 Å². The number of carboxylic acid groups (broad SMARTS) is 1. The average molecular weight is 709 g/mol. The topological polar surface area (TPSA) is 109 Å². The molecule has 7 heteroatoms. The number of nitrogens with one attached hydrogen (secondary N) is 1. The molecule has 4 saturated carbocycles. The number of esters is 1. The number of pyridine rings is 1. The fourth-order valence-corrected chi connectivity index (χ4v) is 12.1. The van der Waals surface area contributed by atoms with Crippen LogP contribution < -0.4 is 5.32 Å². The molecule has 7 rings (SSSR count). The van der Waals surface area contributed by atoms with Crippen LogP contribution in [0, 0.1) is 47.3 Å². The number of ether oxygens (including phenoxy) is 1. The van der Waals surface area contributed by atoms with Crippen LogP contribution in [-0.2, 0) is 22.5 Å². The Bertz CT molecular complexity index is 1780. The summed E-state index contributed by atoms with van der Waals surface area (Å²) in [4.78, 5) is 28.8. The fourth-order valence-electron chi connectivity index (χ4n) is 12.1. The lowest BCUT2D eigenvalue weighted by Crippen LogP contribution is -2.56. The van der Waals surface area contributed by atoms with Crippen molar-refractivity contribution in [2.45, 2.75) is 129 Å². The minimum absolute atomic E-state index is 0.298. The average Bonchev–Trinajstić information content (AvgIpc) is 3.47. The van der Waals surface area contributed by atoms with Gasteiger partial charge in [-0.15, -0.1) is 0 Å². The summed E-state index contributed by atoms with van der Waals surface area (Å²) in [6.45, 7) is 7.59. The van der Waals surface area contributed by atoms with Crippen molar-refractivity contribution < 1.29 is 24.5 Å². The van der Waals surface area contributed by atoms with E-state index in [1.54, 1.807) is 0 Å². The zero-order valence-electron chi connectivity index (χ0n) is 31.9. The third-order valence-corrected chi connectivity index (χ3v) is 15.0. The van der Waals surface area contributed by atoms with Crippen LogP contribution in [0.15, 0.2) is 48.5 Å². The Labute approximate surface area is 310 Å². The van der Waals surface area contributed by atoms with Crippen molar-refractivity contribution >= 4 is 28.5 Å². The number of unbranched alkanes of at least 4 members (excludes halogenated alkanes) is 1. The van der Waals surface area contributed by atoms with E-state index in [1.807, 2.05) is 25.1 Å². The van der Waals surface area contributed by atoms with Crippen LogP contribution in [0.4, 0.5) is 5.69 Å². The normalized spacial score (nSPS) is 32.4. The summed E-state index contributed by atoms with van der Waals surface area (Å²) in [6, 6.07) is 16.5. The summed E-state index contributed by atoms with van der Waals surface area (Å²) in [6.07, 6.45) is 15.5. The zero-order valence-corrected chi connectivity index (χ0v) is 31.9. The molecule has 280 valence electrons. The number of hydrogen-bond donors (Lipinski definition) is 3. The van der Waals surface area contributed by atoms with Gasteiger partial charge in [-0.05, 0) is 154 Å². The summed E-state index contributed by atoms with van der Waals surface area (Å²) in [5.41, 5.74) is 5.00. The highest BCUT2D eigenvalue weighted by Crippen LogP contribution is 2.68. The van der Waals surface area contributed by atoms with E-state index < -0.39 is 17.5 Å². The van der Waals surface area contributed by atoms with Gasteiger partial charge < -0.3 is 20.3 Å². The first-order valence-corrected chi connectivity index (χ1v) is 20.2. The van der Waals surface area contributed by atoms with Gasteiger partial charge in [-0.25, -0.2) is 4.79 Å². The number of nitrogens with zero attached hydrogens (tertiary/aromatic N) is 1. The molecule has 0 amide bonds. The SMILES string of the molecule is COC(=O)c1c(C)nc2ccc(CC[C@@]3(O)CCC4(C)C(CCC5C6CCC(CCCCC(=O)O)C6(C)CCC54)C3)cc2c1NCc1ccccc1. The lowest BCUT2D eigenvalue weighted by molar-refractivity contribution is -0.152. The van der Waals surface area contributed by atoms with Crippen LogP contribution in [-0.4, -0.2) is 39.8 Å². The molecular formula is C45H60N2O5. The number of carboxylic acids is 1. The Hall–Kier alpha value is -3.45.